The molecular formula is C8H7IO4. The van der Waals surface area contributed by atoms with Crippen LogP contribution in [0.1, 0.15) is 10.4 Å². The molecule has 13 heavy (non-hydrogen) atoms. The first-order valence-corrected chi connectivity index (χ1v) is 7.14. The van der Waals surface area contributed by atoms with E-state index in [0.717, 1.165) is 0 Å². The van der Waals surface area contributed by atoms with E-state index in [9.17, 15) is 8.23 Å². The molecule has 1 N–H and O–H groups in total. The third kappa shape index (κ3) is 1.67. The second-order valence-corrected chi connectivity index (χ2v) is 6.13. The molecule has 0 unspecified atom stereocenters. The fraction of sp³-hybridized carbons (Fsp3) is 0.125. The van der Waals surface area contributed by atoms with Crippen LogP contribution < -0.4 is 0 Å². The molecule has 0 spiro atoms. The number of hydrogen-bond acceptors (Lipinski definition) is 4. The third-order valence-corrected chi connectivity index (χ3v) is 4.74. The zero-order valence-electron chi connectivity index (χ0n) is 6.57. The monoisotopic (exact) mass is 294 g/mol. The molecule has 1 aliphatic rings. The van der Waals surface area contributed by atoms with Crippen LogP contribution in [-0.2, 0) is 9.78 Å². The zero-order valence-corrected chi connectivity index (χ0v) is 8.72. The molecule has 1 heterocycles. The number of carbonyl (C=O) groups is 1. The van der Waals surface area contributed by atoms with Gasteiger partial charge in [0.05, 0.1) is 0 Å². The number of carbonyl (C=O) groups excluding carboxylic acids is 1. The van der Waals surface area contributed by atoms with Gasteiger partial charge in [0.1, 0.15) is 0 Å². The predicted molar refractivity (Wildman–Crippen MR) is 52.7 cm³/mol. The summed E-state index contributed by atoms with van der Waals surface area (Å²) in [6.45, 7) is 0. The van der Waals surface area contributed by atoms with Crippen molar-refractivity contribution in [3.05, 3.63) is 33.4 Å². The average Bonchev–Trinajstić information content (AvgIpc) is 2.29. The van der Waals surface area contributed by atoms with Gasteiger partial charge in [-0.2, -0.15) is 0 Å². The molecule has 1 aromatic carbocycles. The van der Waals surface area contributed by atoms with E-state index < -0.39 is 26.2 Å². The molecule has 0 aromatic heterocycles. The number of fused-ring (bicyclic) bond motifs is 1. The third-order valence-electron chi connectivity index (χ3n) is 1.61. The van der Waals surface area contributed by atoms with Gasteiger partial charge in [-0.15, -0.1) is 0 Å². The van der Waals surface area contributed by atoms with Crippen LogP contribution in [0.25, 0.3) is 0 Å². The van der Waals surface area contributed by atoms with Crippen LogP contribution in [0.2, 0.25) is 0 Å². The Kier molecular flexibility index (Phi) is 2.47. The van der Waals surface area contributed by atoms with E-state index in [1.54, 1.807) is 24.3 Å². The molecule has 0 amide bonds. The number of alkyl halides is 1. The Balaban J connectivity index is 2.51. The Morgan fingerprint density at radius 3 is 3.00 bits per heavy atom. The summed E-state index contributed by atoms with van der Waals surface area (Å²) < 4.78 is 10.5. The van der Waals surface area contributed by atoms with Crippen LogP contribution in [0.5, 0.6) is 0 Å². The van der Waals surface area contributed by atoms with Crippen molar-refractivity contribution < 1.29 is 18.0 Å². The molecule has 0 radical (unpaired) electrons. The maximum atomic E-state index is 11.2. The average molecular weight is 294 g/mol. The minimum absolute atomic E-state index is 0.132. The van der Waals surface area contributed by atoms with Crippen molar-refractivity contribution in [3.63, 3.8) is 0 Å². The Bertz CT molecular complexity index is 339. The van der Waals surface area contributed by atoms with Gasteiger partial charge >= 0.3 is 82.2 Å². The van der Waals surface area contributed by atoms with Crippen LogP contribution in [0.4, 0.5) is 0 Å². The van der Waals surface area contributed by atoms with Crippen molar-refractivity contribution in [1.82, 2.24) is 0 Å². The van der Waals surface area contributed by atoms with E-state index in [0.29, 0.717) is 9.13 Å². The summed E-state index contributed by atoms with van der Waals surface area (Å²) in [5, 5.41) is 0. The Labute approximate surface area is 82.3 Å². The van der Waals surface area contributed by atoms with Crippen LogP contribution in [0, 0.1) is 3.57 Å². The minimum atomic E-state index is -2.32. The van der Waals surface area contributed by atoms with Gasteiger partial charge in [-0.3, -0.25) is 0 Å². The second-order valence-electron chi connectivity index (χ2n) is 2.42. The normalized spacial score (nSPS) is 18.8. The molecule has 0 saturated heterocycles. The van der Waals surface area contributed by atoms with E-state index in [1.165, 1.54) is 0 Å². The number of rotatable bonds is 0. The van der Waals surface area contributed by atoms with Gasteiger partial charge in [0, 0.05) is 0 Å². The summed E-state index contributed by atoms with van der Waals surface area (Å²) in [6.07, 6.45) is 0. The van der Waals surface area contributed by atoms with E-state index in [4.69, 9.17) is 0 Å². The van der Waals surface area contributed by atoms with Crippen molar-refractivity contribution in [2.45, 2.75) is 0 Å². The van der Waals surface area contributed by atoms with Gasteiger partial charge in [0.15, 0.2) is 0 Å². The van der Waals surface area contributed by atoms with E-state index in [-0.39, 0.29) is 4.61 Å². The number of benzene rings is 1. The van der Waals surface area contributed by atoms with Gasteiger partial charge < -0.3 is 0 Å². The maximum absolute atomic E-state index is 11.2. The van der Waals surface area contributed by atoms with E-state index in [1.807, 2.05) is 0 Å². The van der Waals surface area contributed by atoms with Crippen molar-refractivity contribution in [3.8, 4) is 0 Å². The summed E-state index contributed by atoms with van der Waals surface area (Å²) in [4.78, 5) is 20.2. The number of halogens is 1. The molecule has 0 atom stereocenters. The first kappa shape index (κ1) is 8.92. The van der Waals surface area contributed by atoms with Crippen LogP contribution in [0.15, 0.2) is 24.3 Å². The molecule has 5 heteroatoms. The SMILES string of the molecule is O=C1OOCI(O)c2ccccc21. The molecule has 4 nitrogen and oxygen atoms in total. The number of hydrogen-bond donors (Lipinski definition) is 1. The van der Waals surface area contributed by atoms with Gasteiger partial charge in [-0.1, -0.05) is 0 Å². The van der Waals surface area contributed by atoms with Gasteiger partial charge in [0.25, 0.3) is 0 Å². The Morgan fingerprint density at radius 1 is 1.38 bits per heavy atom. The van der Waals surface area contributed by atoms with Gasteiger partial charge in [-0.05, 0) is 0 Å². The zero-order chi connectivity index (χ0) is 9.26. The van der Waals surface area contributed by atoms with E-state index in [2.05, 4.69) is 9.78 Å². The fourth-order valence-corrected chi connectivity index (χ4v) is 3.44. The van der Waals surface area contributed by atoms with Gasteiger partial charge in [-0.25, -0.2) is 0 Å². The van der Waals surface area contributed by atoms with Gasteiger partial charge in [0.2, 0.25) is 0 Å². The standard InChI is InChI=1S/C8H7IO4/c10-8-6-3-1-2-4-7(6)9(11)5-12-13-8/h1-4,11H,5H2. The molecule has 2 rings (SSSR count). The molecule has 0 bridgehead atoms. The first-order chi connectivity index (χ1) is 6.29. The predicted octanol–water partition coefficient (Wildman–Crippen LogP) is 1.33. The molecule has 1 aliphatic heterocycles. The molecule has 1 aromatic rings. The first-order valence-electron chi connectivity index (χ1n) is 3.57. The summed E-state index contributed by atoms with van der Waals surface area (Å²) in [6, 6.07) is 6.90. The van der Waals surface area contributed by atoms with Crippen molar-refractivity contribution >= 4 is 26.2 Å². The summed E-state index contributed by atoms with van der Waals surface area (Å²) >= 11 is -2.32. The fourth-order valence-electron chi connectivity index (χ4n) is 1.04. The summed E-state index contributed by atoms with van der Waals surface area (Å²) in [5.74, 6) is -0.524. The van der Waals surface area contributed by atoms with E-state index >= 15 is 0 Å². The molecular weight excluding hydrogens is 287 g/mol. The van der Waals surface area contributed by atoms with Crippen molar-refractivity contribution in [1.29, 1.82) is 0 Å². The van der Waals surface area contributed by atoms with Crippen LogP contribution in [-0.4, -0.2) is 14.0 Å². The Hall–Kier alpha value is -0.660. The molecule has 70 valence electrons. The van der Waals surface area contributed by atoms with Crippen molar-refractivity contribution in [2.75, 3.05) is 4.61 Å². The van der Waals surface area contributed by atoms with Crippen molar-refractivity contribution in [2.24, 2.45) is 0 Å². The molecule has 0 fully saturated rings. The summed E-state index contributed by atoms with van der Waals surface area (Å²) in [5.41, 5.74) is 0.424. The molecule has 0 saturated carbocycles. The quantitative estimate of drug-likeness (QED) is 0.445. The van der Waals surface area contributed by atoms with Crippen LogP contribution in [0.3, 0.4) is 0 Å². The van der Waals surface area contributed by atoms with Crippen LogP contribution >= 0.6 is 20.2 Å². The Morgan fingerprint density at radius 2 is 2.15 bits per heavy atom. The summed E-state index contributed by atoms with van der Waals surface area (Å²) in [7, 11) is 0. The topological polar surface area (TPSA) is 55.8 Å². The molecule has 0 aliphatic carbocycles. The second kappa shape index (κ2) is 3.60.